The molecule has 1 N–H and O–H groups in total. The summed E-state index contributed by atoms with van der Waals surface area (Å²) in [6.07, 6.45) is 4.79. The molecule has 80 valence electrons. The maximum Gasteiger partial charge on any atom is 0.0608 e. The van der Waals surface area contributed by atoms with E-state index in [9.17, 15) is 5.11 Å². The van der Waals surface area contributed by atoms with Crippen LogP contribution < -0.4 is 0 Å². The lowest BCUT2D eigenvalue weighted by Crippen LogP contribution is -2.26. The van der Waals surface area contributed by atoms with E-state index < -0.39 is 0 Å². The highest BCUT2D eigenvalue weighted by Gasteiger charge is 2.27. The molecule has 1 aromatic rings. The zero-order valence-corrected chi connectivity index (χ0v) is 8.97. The van der Waals surface area contributed by atoms with E-state index in [1.807, 2.05) is 12.1 Å². The van der Waals surface area contributed by atoms with Crippen molar-refractivity contribution in [1.29, 1.82) is 0 Å². The van der Waals surface area contributed by atoms with E-state index in [1.54, 1.807) is 0 Å². The summed E-state index contributed by atoms with van der Waals surface area (Å²) in [4.78, 5) is 0. The monoisotopic (exact) mass is 202 g/mol. The maximum atomic E-state index is 9.93. The molecule has 0 unspecified atom stereocenters. The van der Waals surface area contributed by atoms with Gasteiger partial charge in [-0.3, -0.25) is 0 Å². The lowest BCUT2D eigenvalue weighted by molar-refractivity contribution is 0.0829. The standard InChI is InChI=1S/C14H18O/c1-2-11-8-9-13(10-14(11)15)12-6-4-3-5-7-12/h2-7,11,13-15H,1,8-10H2/t11-,13+,14-/m0/s1. The second kappa shape index (κ2) is 4.63. The Kier molecular flexibility index (Phi) is 3.22. The molecule has 0 heterocycles. The molecule has 3 atom stereocenters. The van der Waals surface area contributed by atoms with Crippen LogP contribution in [0.15, 0.2) is 43.0 Å². The zero-order valence-electron chi connectivity index (χ0n) is 8.97. The van der Waals surface area contributed by atoms with Crippen molar-refractivity contribution in [3.8, 4) is 0 Å². The maximum absolute atomic E-state index is 9.93. The third kappa shape index (κ3) is 2.29. The molecule has 1 aliphatic carbocycles. The molecular formula is C14H18O. The molecule has 0 radical (unpaired) electrons. The fourth-order valence-electron chi connectivity index (χ4n) is 2.47. The second-order valence-corrected chi connectivity index (χ2v) is 4.39. The van der Waals surface area contributed by atoms with Gasteiger partial charge in [-0.2, -0.15) is 0 Å². The minimum atomic E-state index is -0.207. The molecule has 2 rings (SSSR count). The summed E-state index contributed by atoms with van der Waals surface area (Å²) in [7, 11) is 0. The fourth-order valence-corrected chi connectivity index (χ4v) is 2.47. The van der Waals surface area contributed by atoms with Gasteiger partial charge >= 0.3 is 0 Å². The van der Waals surface area contributed by atoms with Crippen LogP contribution in [0.5, 0.6) is 0 Å². The van der Waals surface area contributed by atoms with Gasteiger partial charge in [-0.25, -0.2) is 0 Å². The van der Waals surface area contributed by atoms with Crippen LogP contribution in [0.1, 0.15) is 30.7 Å². The van der Waals surface area contributed by atoms with Crippen molar-refractivity contribution < 1.29 is 5.11 Å². The van der Waals surface area contributed by atoms with Crippen molar-refractivity contribution in [2.75, 3.05) is 0 Å². The number of aliphatic hydroxyl groups is 1. The van der Waals surface area contributed by atoms with E-state index in [4.69, 9.17) is 0 Å². The minimum Gasteiger partial charge on any atom is -0.392 e. The molecule has 1 fully saturated rings. The third-order valence-corrected chi connectivity index (χ3v) is 3.44. The SMILES string of the molecule is C=C[C@H]1CC[C@@H](c2ccccc2)C[C@@H]1O. The minimum absolute atomic E-state index is 0.207. The number of benzene rings is 1. The Labute approximate surface area is 91.4 Å². The first-order valence-corrected chi connectivity index (χ1v) is 5.67. The van der Waals surface area contributed by atoms with Crippen LogP contribution in [0.2, 0.25) is 0 Å². The summed E-state index contributed by atoms with van der Waals surface area (Å²) in [6, 6.07) is 10.5. The van der Waals surface area contributed by atoms with E-state index in [1.165, 1.54) is 5.56 Å². The van der Waals surface area contributed by atoms with Crippen LogP contribution in [0.4, 0.5) is 0 Å². The van der Waals surface area contributed by atoms with E-state index >= 15 is 0 Å². The molecule has 1 saturated carbocycles. The lowest BCUT2D eigenvalue weighted by Gasteiger charge is -2.31. The fraction of sp³-hybridized carbons (Fsp3) is 0.429. The first-order chi connectivity index (χ1) is 7.31. The van der Waals surface area contributed by atoms with Crippen molar-refractivity contribution in [3.05, 3.63) is 48.6 Å². The zero-order chi connectivity index (χ0) is 10.7. The highest BCUT2D eigenvalue weighted by molar-refractivity contribution is 5.20. The highest BCUT2D eigenvalue weighted by Crippen LogP contribution is 2.36. The van der Waals surface area contributed by atoms with E-state index in [-0.39, 0.29) is 6.10 Å². The number of rotatable bonds is 2. The van der Waals surface area contributed by atoms with E-state index in [0.717, 1.165) is 19.3 Å². The molecule has 1 aliphatic rings. The molecule has 1 nitrogen and oxygen atoms in total. The Morgan fingerprint density at radius 2 is 1.93 bits per heavy atom. The van der Waals surface area contributed by atoms with Gasteiger partial charge in [-0.15, -0.1) is 6.58 Å². The predicted octanol–water partition coefficient (Wildman–Crippen LogP) is 3.12. The third-order valence-electron chi connectivity index (χ3n) is 3.44. The van der Waals surface area contributed by atoms with Gasteiger partial charge in [0.2, 0.25) is 0 Å². The van der Waals surface area contributed by atoms with Gasteiger partial charge in [0, 0.05) is 5.92 Å². The van der Waals surface area contributed by atoms with Crippen LogP contribution in [-0.4, -0.2) is 11.2 Å². The highest BCUT2D eigenvalue weighted by atomic mass is 16.3. The molecule has 0 aromatic heterocycles. The largest absolute Gasteiger partial charge is 0.392 e. The summed E-state index contributed by atoms with van der Waals surface area (Å²) in [5.41, 5.74) is 1.36. The molecular weight excluding hydrogens is 184 g/mol. The van der Waals surface area contributed by atoms with Gasteiger partial charge in [0.15, 0.2) is 0 Å². The number of hydrogen-bond donors (Lipinski definition) is 1. The molecule has 1 aromatic carbocycles. The first kappa shape index (κ1) is 10.4. The van der Waals surface area contributed by atoms with Crippen LogP contribution in [0, 0.1) is 5.92 Å². The Hall–Kier alpha value is -1.08. The van der Waals surface area contributed by atoms with Crippen molar-refractivity contribution in [2.45, 2.75) is 31.3 Å². The smallest absolute Gasteiger partial charge is 0.0608 e. The summed E-state index contributed by atoms with van der Waals surface area (Å²) >= 11 is 0. The van der Waals surface area contributed by atoms with Crippen molar-refractivity contribution >= 4 is 0 Å². The quantitative estimate of drug-likeness (QED) is 0.730. The average molecular weight is 202 g/mol. The van der Waals surface area contributed by atoms with Crippen molar-refractivity contribution in [2.24, 2.45) is 5.92 Å². The van der Waals surface area contributed by atoms with Crippen LogP contribution in [-0.2, 0) is 0 Å². The molecule has 1 heteroatoms. The number of hydrogen-bond acceptors (Lipinski definition) is 1. The molecule has 0 amide bonds. The predicted molar refractivity (Wildman–Crippen MR) is 62.7 cm³/mol. The van der Waals surface area contributed by atoms with Gasteiger partial charge < -0.3 is 5.11 Å². The van der Waals surface area contributed by atoms with Gasteiger partial charge in [0.25, 0.3) is 0 Å². The Balaban J connectivity index is 2.06. The first-order valence-electron chi connectivity index (χ1n) is 5.67. The topological polar surface area (TPSA) is 20.2 Å². The lowest BCUT2D eigenvalue weighted by atomic mass is 9.77. The Morgan fingerprint density at radius 3 is 2.53 bits per heavy atom. The second-order valence-electron chi connectivity index (χ2n) is 4.39. The van der Waals surface area contributed by atoms with Gasteiger partial charge in [-0.05, 0) is 30.7 Å². The van der Waals surface area contributed by atoms with Crippen LogP contribution >= 0.6 is 0 Å². The van der Waals surface area contributed by atoms with Crippen molar-refractivity contribution in [1.82, 2.24) is 0 Å². The van der Waals surface area contributed by atoms with Crippen LogP contribution in [0.3, 0.4) is 0 Å². The Morgan fingerprint density at radius 1 is 1.20 bits per heavy atom. The molecule has 0 spiro atoms. The van der Waals surface area contributed by atoms with Gasteiger partial charge in [0.05, 0.1) is 6.10 Å². The van der Waals surface area contributed by atoms with Crippen LogP contribution in [0.25, 0.3) is 0 Å². The molecule has 15 heavy (non-hydrogen) atoms. The summed E-state index contributed by atoms with van der Waals surface area (Å²) in [5.74, 6) is 0.822. The molecule has 0 saturated heterocycles. The van der Waals surface area contributed by atoms with E-state index in [0.29, 0.717) is 11.8 Å². The van der Waals surface area contributed by atoms with E-state index in [2.05, 4.69) is 30.8 Å². The summed E-state index contributed by atoms with van der Waals surface area (Å²) in [5, 5.41) is 9.93. The van der Waals surface area contributed by atoms with Gasteiger partial charge in [-0.1, -0.05) is 36.4 Å². The Bertz CT molecular complexity index is 317. The normalized spacial score (nSPS) is 31.1. The number of aliphatic hydroxyl groups excluding tert-OH is 1. The molecule has 0 bridgehead atoms. The summed E-state index contributed by atoms with van der Waals surface area (Å²) in [6.45, 7) is 3.77. The molecule has 0 aliphatic heterocycles. The average Bonchev–Trinajstić information content (AvgIpc) is 2.30. The van der Waals surface area contributed by atoms with Crippen molar-refractivity contribution in [3.63, 3.8) is 0 Å². The summed E-state index contributed by atoms with van der Waals surface area (Å²) < 4.78 is 0. The van der Waals surface area contributed by atoms with Gasteiger partial charge in [0.1, 0.15) is 0 Å².